The van der Waals surface area contributed by atoms with Gasteiger partial charge in [-0.1, -0.05) is 12.1 Å². The van der Waals surface area contributed by atoms with Gasteiger partial charge < -0.3 is 4.74 Å². The van der Waals surface area contributed by atoms with Crippen molar-refractivity contribution in [3.8, 4) is 17.0 Å². The van der Waals surface area contributed by atoms with Crippen LogP contribution in [0.4, 0.5) is 0 Å². The van der Waals surface area contributed by atoms with Gasteiger partial charge in [0.05, 0.1) is 12.3 Å². The molecule has 2 aromatic heterocycles. The molecule has 0 saturated heterocycles. The molecule has 0 spiro atoms. The lowest BCUT2D eigenvalue weighted by Crippen LogP contribution is -1.93. The number of thiazole rings is 1. The van der Waals surface area contributed by atoms with E-state index >= 15 is 0 Å². The predicted molar refractivity (Wildman–Crippen MR) is 79.1 cm³/mol. The van der Waals surface area contributed by atoms with Crippen LogP contribution >= 0.6 is 11.3 Å². The Balaban J connectivity index is 2.14. The first-order valence-electron chi connectivity index (χ1n) is 6.38. The molecule has 3 aromatic rings. The van der Waals surface area contributed by atoms with E-state index in [1.54, 1.807) is 11.3 Å². The van der Waals surface area contributed by atoms with Crippen molar-refractivity contribution in [1.29, 1.82) is 0 Å². The van der Waals surface area contributed by atoms with E-state index in [1.165, 1.54) is 10.6 Å². The van der Waals surface area contributed by atoms with Gasteiger partial charge in [-0.2, -0.15) is 0 Å². The highest BCUT2D eigenvalue weighted by atomic mass is 32.1. The fourth-order valence-electron chi connectivity index (χ4n) is 2.15. The molecule has 0 radical (unpaired) electrons. The van der Waals surface area contributed by atoms with E-state index in [1.807, 2.05) is 25.1 Å². The number of fused-ring (bicyclic) bond motifs is 1. The monoisotopic (exact) mass is 272 g/mol. The molecule has 19 heavy (non-hydrogen) atoms. The lowest BCUT2D eigenvalue weighted by atomic mass is 10.1. The van der Waals surface area contributed by atoms with Crippen LogP contribution in [0.15, 0.2) is 30.5 Å². The molecule has 0 unspecified atom stereocenters. The molecule has 0 aliphatic rings. The van der Waals surface area contributed by atoms with Gasteiger partial charge in [0.25, 0.3) is 0 Å². The van der Waals surface area contributed by atoms with E-state index in [9.17, 15) is 0 Å². The van der Waals surface area contributed by atoms with Gasteiger partial charge in [0.15, 0.2) is 4.96 Å². The van der Waals surface area contributed by atoms with E-state index < -0.39 is 0 Å². The molecule has 0 amide bonds. The van der Waals surface area contributed by atoms with E-state index in [4.69, 9.17) is 9.72 Å². The second-order valence-corrected chi connectivity index (χ2v) is 5.63. The molecule has 98 valence electrons. The van der Waals surface area contributed by atoms with E-state index in [-0.39, 0.29) is 0 Å². The van der Waals surface area contributed by atoms with Crippen LogP contribution in [0.2, 0.25) is 0 Å². The van der Waals surface area contributed by atoms with Crippen LogP contribution < -0.4 is 4.74 Å². The van der Waals surface area contributed by atoms with Crippen LogP contribution in [-0.4, -0.2) is 16.0 Å². The van der Waals surface area contributed by atoms with Crippen molar-refractivity contribution in [2.45, 2.75) is 20.8 Å². The highest BCUT2D eigenvalue weighted by Gasteiger charge is 2.13. The standard InChI is InChI=1S/C15H16N2OS/c1-4-18-14-8-6-5-7-12(14)13-9-17-10(2)11(3)19-15(17)16-13/h5-9H,4H2,1-3H3. The number of benzene rings is 1. The summed E-state index contributed by atoms with van der Waals surface area (Å²) in [6.07, 6.45) is 2.09. The molecule has 0 bridgehead atoms. The van der Waals surface area contributed by atoms with E-state index in [0.717, 1.165) is 22.0 Å². The van der Waals surface area contributed by atoms with Crippen molar-refractivity contribution in [3.63, 3.8) is 0 Å². The van der Waals surface area contributed by atoms with Crippen molar-refractivity contribution >= 4 is 16.3 Å². The highest BCUT2D eigenvalue weighted by Crippen LogP contribution is 2.31. The fraction of sp³-hybridized carbons (Fsp3) is 0.267. The molecule has 3 rings (SSSR count). The summed E-state index contributed by atoms with van der Waals surface area (Å²) in [4.78, 5) is 7.06. The van der Waals surface area contributed by atoms with Gasteiger partial charge in [0.2, 0.25) is 0 Å². The van der Waals surface area contributed by atoms with Crippen molar-refractivity contribution in [2.75, 3.05) is 6.61 Å². The number of hydrogen-bond donors (Lipinski definition) is 0. The molecule has 0 aliphatic heterocycles. The average Bonchev–Trinajstić information content (AvgIpc) is 2.92. The molecule has 4 heteroatoms. The lowest BCUT2D eigenvalue weighted by molar-refractivity contribution is 0.341. The number of rotatable bonds is 3. The molecule has 1 aromatic carbocycles. The first kappa shape index (κ1) is 12.2. The van der Waals surface area contributed by atoms with Gasteiger partial charge >= 0.3 is 0 Å². The third kappa shape index (κ3) is 2.02. The zero-order chi connectivity index (χ0) is 13.4. The molecule has 0 fully saturated rings. The first-order valence-corrected chi connectivity index (χ1v) is 7.19. The van der Waals surface area contributed by atoms with Crippen molar-refractivity contribution in [3.05, 3.63) is 41.0 Å². The Morgan fingerprint density at radius 2 is 2.05 bits per heavy atom. The summed E-state index contributed by atoms with van der Waals surface area (Å²) >= 11 is 1.72. The summed E-state index contributed by atoms with van der Waals surface area (Å²) in [5.74, 6) is 0.894. The van der Waals surface area contributed by atoms with E-state index in [2.05, 4.69) is 30.5 Å². The smallest absolute Gasteiger partial charge is 0.194 e. The van der Waals surface area contributed by atoms with Gasteiger partial charge in [-0.3, -0.25) is 4.40 Å². The molecule has 0 saturated carbocycles. The molecule has 2 heterocycles. The molecule has 3 nitrogen and oxygen atoms in total. The van der Waals surface area contributed by atoms with Crippen molar-refractivity contribution < 1.29 is 4.74 Å². The molecule has 0 atom stereocenters. The summed E-state index contributed by atoms with van der Waals surface area (Å²) in [6.45, 7) is 6.91. The van der Waals surface area contributed by atoms with E-state index in [0.29, 0.717) is 6.61 Å². The van der Waals surface area contributed by atoms with Crippen LogP contribution in [0.1, 0.15) is 17.5 Å². The second-order valence-electron chi connectivity index (χ2n) is 4.45. The number of nitrogens with zero attached hydrogens (tertiary/aromatic N) is 2. The lowest BCUT2D eigenvalue weighted by Gasteiger charge is -2.07. The first-order chi connectivity index (χ1) is 9.20. The Morgan fingerprint density at radius 1 is 1.26 bits per heavy atom. The molecular weight excluding hydrogens is 256 g/mol. The quantitative estimate of drug-likeness (QED) is 0.718. The van der Waals surface area contributed by atoms with Gasteiger partial charge in [-0.05, 0) is 32.9 Å². The Kier molecular flexibility index (Phi) is 3.03. The summed E-state index contributed by atoms with van der Waals surface area (Å²) in [6, 6.07) is 8.05. The Labute approximate surface area is 116 Å². The Bertz CT molecular complexity index is 727. The van der Waals surface area contributed by atoms with Crippen LogP contribution in [0, 0.1) is 13.8 Å². The topological polar surface area (TPSA) is 26.5 Å². The SMILES string of the molecule is CCOc1ccccc1-c1cn2c(C)c(C)sc2n1. The maximum Gasteiger partial charge on any atom is 0.194 e. The van der Waals surface area contributed by atoms with Gasteiger partial charge in [-0.25, -0.2) is 4.98 Å². The fourth-order valence-corrected chi connectivity index (χ4v) is 3.10. The minimum Gasteiger partial charge on any atom is -0.493 e. The maximum atomic E-state index is 5.67. The van der Waals surface area contributed by atoms with Crippen LogP contribution in [0.25, 0.3) is 16.2 Å². The minimum atomic E-state index is 0.664. The van der Waals surface area contributed by atoms with Gasteiger partial charge in [-0.15, -0.1) is 11.3 Å². The highest BCUT2D eigenvalue weighted by molar-refractivity contribution is 7.17. The minimum absolute atomic E-state index is 0.664. The number of hydrogen-bond acceptors (Lipinski definition) is 3. The van der Waals surface area contributed by atoms with Crippen LogP contribution in [0.5, 0.6) is 5.75 Å². The van der Waals surface area contributed by atoms with Gasteiger partial charge in [0, 0.05) is 22.3 Å². The summed E-state index contributed by atoms with van der Waals surface area (Å²) < 4.78 is 7.82. The normalized spacial score (nSPS) is 11.1. The van der Waals surface area contributed by atoms with Gasteiger partial charge in [0.1, 0.15) is 5.75 Å². The average molecular weight is 272 g/mol. The number of aromatic nitrogens is 2. The van der Waals surface area contributed by atoms with Crippen LogP contribution in [-0.2, 0) is 0 Å². The zero-order valence-corrected chi connectivity index (χ0v) is 12.1. The summed E-state index contributed by atoms with van der Waals surface area (Å²) in [5.41, 5.74) is 3.28. The van der Waals surface area contributed by atoms with Crippen molar-refractivity contribution in [1.82, 2.24) is 9.38 Å². The number of ether oxygens (including phenoxy) is 1. The molecule has 0 aliphatic carbocycles. The van der Waals surface area contributed by atoms with Crippen molar-refractivity contribution in [2.24, 2.45) is 0 Å². The number of aryl methyl sites for hydroxylation is 2. The summed E-state index contributed by atoms with van der Waals surface area (Å²) in [7, 11) is 0. The predicted octanol–water partition coefficient (Wildman–Crippen LogP) is 4.08. The Hall–Kier alpha value is -1.81. The zero-order valence-electron chi connectivity index (χ0n) is 11.3. The molecular formula is C15H16N2OS. The Morgan fingerprint density at radius 3 is 2.79 bits per heavy atom. The largest absolute Gasteiger partial charge is 0.493 e. The third-order valence-corrected chi connectivity index (χ3v) is 4.32. The number of para-hydroxylation sites is 1. The summed E-state index contributed by atoms with van der Waals surface area (Å²) in [5, 5.41) is 0. The van der Waals surface area contributed by atoms with Crippen LogP contribution in [0.3, 0.4) is 0 Å². The number of imidazole rings is 1. The molecule has 0 N–H and O–H groups in total. The maximum absolute atomic E-state index is 5.67. The second kappa shape index (κ2) is 4.70. The third-order valence-electron chi connectivity index (χ3n) is 3.25.